The van der Waals surface area contributed by atoms with Crippen molar-refractivity contribution in [2.24, 2.45) is 0 Å². The summed E-state index contributed by atoms with van der Waals surface area (Å²) in [5, 5.41) is 31.6. The normalized spacial score (nSPS) is 11.9. The molecule has 0 aliphatic heterocycles. The zero-order valence-corrected chi connectivity index (χ0v) is 18.5. The molecule has 0 fully saturated rings. The van der Waals surface area contributed by atoms with Gasteiger partial charge in [0.1, 0.15) is 12.2 Å². The average Bonchev–Trinajstić information content (AvgIpc) is 3.34. The third kappa shape index (κ3) is 3.59. The Balaban J connectivity index is 1.72. The molecule has 2 N–H and O–H groups in total. The molecule has 34 heavy (non-hydrogen) atoms. The maximum atomic E-state index is 11.7. The summed E-state index contributed by atoms with van der Waals surface area (Å²) in [5.41, 5.74) is 5.35. The van der Waals surface area contributed by atoms with Crippen molar-refractivity contribution >= 4 is 28.2 Å². The summed E-state index contributed by atoms with van der Waals surface area (Å²) in [4.78, 5) is 16.7. The third-order valence-electron chi connectivity index (χ3n) is 5.76. The lowest BCUT2D eigenvalue weighted by Gasteiger charge is -2.20. The minimum atomic E-state index is -0.993. The van der Waals surface area contributed by atoms with Crippen LogP contribution in [0.15, 0.2) is 67.0 Å². The number of nitrogens with zero attached hydrogens (tertiary/aromatic N) is 5. The Morgan fingerprint density at radius 2 is 1.97 bits per heavy atom. The first-order valence-electron chi connectivity index (χ1n) is 10.7. The van der Waals surface area contributed by atoms with Crippen LogP contribution in [-0.2, 0) is 0 Å². The van der Waals surface area contributed by atoms with E-state index in [9.17, 15) is 15.2 Å². The number of aryl methyl sites for hydroxylation is 1. The Kier molecular flexibility index (Phi) is 5.15. The number of para-hydroxylation sites is 1. The lowest BCUT2D eigenvalue weighted by atomic mass is 10.00. The van der Waals surface area contributed by atoms with Crippen LogP contribution in [0.1, 0.15) is 40.0 Å². The van der Waals surface area contributed by atoms with Crippen LogP contribution in [0.2, 0.25) is 0 Å². The monoisotopic (exact) mass is 448 g/mol. The molecule has 8 heteroatoms. The van der Waals surface area contributed by atoms with Crippen molar-refractivity contribution in [1.29, 1.82) is 5.26 Å². The summed E-state index contributed by atoms with van der Waals surface area (Å²) >= 11 is 0. The number of benzene rings is 3. The first-order chi connectivity index (χ1) is 16.5. The SMILES string of the molecule is Cc1cc(C(C)Nc2ccccc2C(=O)O)c2nc(-c3cccc(C#N)c3)n3cnnc3c2c1. The fourth-order valence-corrected chi connectivity index (χ4v) is 4.20. The predicted molar refractivity (Wildman–Crippen MR) is 129 cm³/mol. The van der Waals surface area contributed by atoms with Crippen molar-refractivity contribution < 1.29 is 9.90 Å². The summed E-state index contributed by atoms with van der Waals surface area (Å²) in [6.07, 6.45) is 1.61. The molecule has 1 atom stereocenters. The van der Waals surface area contributed by atoms with Gasteiger partial charge in [-0.3, -0.25) is 4.40 Å². The number of carboxylic acid groups (broad SMARTS) is 1. The number of anilines is 1. The van der Waals surface area contributed by atoms with Crippen LogP contribution in [0.4, 0.5) is 5.69 Å². The van der Waals surface area contributed by atoms with Crippen LogP contribution in [0.3, 0.4) is 0 Å². The molecular weight excluding hydrogens is 428 g/mol. The molecule has 0 bridgehead atoms. The van der Waals surface area contributed by atoms with Gasteiger partial charge in [-0.25, -0.2) is 9.78 Å². The van der Waals surface area contributed by atoms with E-state index in [1.807, 2.05) is 42.5 Å². The first-order valence-corrected chi connectivity index (χ1v) is 10.7. The summed E-state index contributed by atoms with van der Waals surface area (Å²) in [6, 6.07) is 20.0. The number of aromatic nitrogens is 4. The molecule has 166 valence electrons. The van der Waals surface area contributed by atoms with Gasteiger partial charge in [-0.2, -0.15) is 5.26 Å². The summed E-state index contributed by atoms with van der Waals surface area (Å²) in [5.74, 6) is -0.375. The molecule has 2 heterocycles. The number of nitriles is 1. The van der Waals surface area contributed by atoms with E-state index in [2.05, 4.69) is 21.6 Å². The number of aromatic carboxylic acids is 1. The quantitative estimate of drug-likeness (QED) is 0.389. The van der Waals surface area contributed by atoms with Crippen LogP contribution in [0.5, 0.6) is 0 Å². The highest BCUT2D eigenvalue weighted by atomic mass is 16.4. The molecule has 5 rings (SSSR count). The van der Waals surface area contributed by atoms with Crippen molar-refractivity contribution in [3.63, 3.8) is 0 Å². The van der Waals surface area contributed by atoms with Crippen molar-refractivity contribution in [2.45, 2.75) is 19.9 Å². The zero-order chi connectivity index (χ0) is 23.8. The van der Waals surface area contributed by atoms with Gasteiger partial charge in [0.15, 0.2) is 5.65 Å². The standard InChI is InChI=1S/C26H20N6O2/c1-15-10-20(16(2)29-22-9-4-3-8-19(22)26(33)34)23-21(11-15)25-31-28-14-32(25)24(30-23)18-7-5-6-17(12-18)13-27/h3-12,14,16,29H,1-2H3,(H,33,34). The molecule has 3 aromatic carbocycles. The summed E-state index contributed by atoms with van der Waals surface area (Å²) in [6.45, 7) is 3.97. The summed E-state index contributed by atoms with van der Waals surface area (Å²) < 4.78 is 1.82. The predicted octanol–water partition coefficient (Wildman–Crippen LogP) is 5.00. The van der Waals surface area contributed by atoms with E-state index in [0.29, 0.717) is 22.7 Å². The van der Waals surface area contributed by atoms with E-state index in [1.165, 1.54) is 0 Å². The minimum absolute atomic E-state index is 0.202. The van der Waals surface area contributed by atoms with E-state index in [-0.39, 0.29) is 11.6 Å². The molecule has 0 aliphatic rings. The van der Waals surface area contributed by atoms with Gasteiger partial charge in [-0.1, -0.05) is 30.3 Å². The Bertz CT molecular complexity index is 1620. The summed E-state index contributed by atoms with van der Waals surface area (Å²) in [7, 11) is 0. The van der Waals surface area contributed by atoms with Crippen LogP contribution in [-0.4, -0.2) is 30.7 Å². The molecule has 0 aliphatic carbocycles. The van der Waals surface area contributed by atoms with Crippen molar-refractivity contribution in [1.82, 2.24) is 19.6 Å². The van der Waals surface area contributed by atoms with Crippen molar-refractivity contribution in [3.8, 4) is 17.5 Å². The van der Waals surface area contributed by atoms with Crippen molar-refractivity contribution in [2.75, 3.05) is 5.32 Å². The molecular formula is C26H20N6O2. The van der Waals surface area contributed by atoms with Gasteiger partial charge in [0.2, 0.25) is 0 Å². The second-order valence-corrected chi connectivity index (χ2v) is 8.12. The highest BCUT2D eigenvalue weighted by Crippen LogP contribution is 2.32. The van der Waals surface area contributed by atoms with Gasteiger partial charge in [-0.05, 0) is 49.7 Å². The maximum Gasteiger partial charge on any atom is 0.337 e. The largest absolute Gasteiger partial charge is 0.478 e. The van der Waals surface area contributed by atoms with E-state index >= 15 is 0 Å². The lowest BCUT2D eigenvalue weighted by Crippen LogP contribution is -2.12. The highest BCUT2D eigenvalue weighted by Gasteiger charge is 2.19. The molecule has 2 aromatic heterocycles. The van der Waals surface area contributed by atoms with E-state index in [4.69, 9.17) is 4.98 Å². The van der Waals surface area contributed by atoms with Gasteiger partial charge < -0.3 is 10.4 Å². The minimum Gasteiger partial charge on any atom is -0.478 e. The van der Waals surface area contributed by atoms with Crippen molar-refractivity contribution in [3.05, 3.63) is 89.2 Å². The number of hydrogen-bond acceptors (Lipinski definition) is 6. The van der Waals surface area contributed by atoms with E-state index < -0.39 is 5.97 Å². The van der Waals surface area contributed by atoms with Crippen LogP contribution in [0, 0.1) is 18.3 Å². The molecule has 0 amide bonds. The third-order valence-corrected chi connectivity index (χ3v) is 5.76. The molecule has 0 saturated carbocycles. The zero-order valence-electron chi connectivity index (χ0n) is 18.5. The van der Waals surface area contributed by atoms with Gasteiger partial charge in [0, 0.05) is 22.2 Å². The molecule has 0 spiro atoms. The highest BCUT2D eigenvalue weighted by molar-refractivity contribution is 5.96. The van der Waals surface area contributed by atoms with E-state index in [0.717, 1.165) is 27.6 Å². The van der Waals surface area contributed by atoms with Gasteiger partial charge in [0.25, 0.3) is 0 Å². The number of carbonyl (C=O) groups is 1. The number of nitrogens with one attached hydrogen (secondary N) is 1. The van der Waals surface area contributed by atoms with Crippen LogP contribution >= 0.6 is 0 Å². The lowest BCUT2D eigenvalue weighted by molar-refractivity contribution is 0.0698. The first kappa shape index (κ1) is 21.1. The maximum absolute atomic E-state index is 11.7. The number of hydrogen-bond donors (Lipinski definition) is 2. The second-order valence-electron chi connectivity index (χ2n) is 8.12. The number of carboxylic acids is 1. The Morgan fingerprint density at radius 1 is 1.15 bits per heavy atom. The smallest absolute Gasteiger partial charge is 0.337 e. The van der Waals surface area contributed by atoms with Gasteiger partial charge in [-0.15, -0.1) is 10.2 Å². The number of fused-ring (bicyclic) bond motifs is 3. The van der Waals surface area contributed by atoms with Crippen LogP contribution < -0.4 is 5.32 Å². The number of rotatable bonds is 5. The van der Waals surface area contributed by atoms with Gasteiger partial charge in [0.05, 0.1) is 28.8 Å². The molecule has 0 saturated heterocycles. The Labute approximate surface area is 195 Å². The fraction of sp³-hybridized carbons (Fsp3) is 0.115. The Morgan fingerprint density at radius 3 is 2.76 bits per heavy atom. The molecule has 8 nitrogen and oxygen atoms in total. The Hall–Kier alpha value is -4.77. The topological polar surface area (TPSA) is 116 Å². The van der Waals surface area contributed by atoms with E-state index in [1.54, 1.807) is 42.7 Å². The average molecular weight is 448 g/mol. The van der Waals surface area contributed by atoms with Crippen LogP contribution in [0.25, 0.3) is 27.9 Å². The fourth-order valence-electron chi connectivity index (χ4n) is 4.20. The molecule has 0 radical (unpaired) electrons. The van der Waals surface area contributed by atoms with Gasteiger partial charge >= 0.3 is 5.97 Å². The molecule has 5 aromatic rings. The second kappa shape index (κ2) is 8.30. The molecule has 1 unspecified atom stereocenters.